The molecular weight excluding hydrogens is 329 g/mol. The van der Waals surface area contributed by atoms with Gasteiger partial charge in [0.2, 0.25) is 6.20 Å². The van der Waals surface area contributed by atoms with Crippen LogP contribution in [0.25, 0.3) is 0 Å². The third-order valence-electron chi connectivity index (χ3n) is 2.89. The van der Waals surface area contributed by atoms with Crippen LogP contribution in [0.15, 0.2) is 36.7 Å². The molecule has 5 nitrogen and oxygen atoms in total. The van der Waals surface area contributed by atoms with Gasteiger partial charge in [-0.15, -0.1) is 0 Å². The van der Waals surface area contributed by atoms with Gasteiger partial charge in [0.1, 0.15) is 5.56 Å². The van der Waals surface area contributed by atoms with E-state index in [4.69, 9.17) is 27.9 Å². The number of benzene rings is 1. The molecule has 0 N–H and O–H groups in total. The van der Waals surface area contributed by atoms with E-state index in [2.05, 4.69) is 4.74 Å². The quantitative estimate of drug-likeness (QED) is 0.476. The smallest absolute Gasteiger partial charge is 0.344 e. The highest BCUT2D eigenvalue weighted by atomic mass is 35.5. The minimum absolute atomic E-state index is 0.125. The summed E-state index contributed by atoms with van der Waals surface area (Å²) in [7, 11) is 1.24. The molecule has 0 aliphatic carbocycles. The second-order valence-electron chi connectivity index (χ2n) is 4.45. The Hall–Kier alpha value is -1.98. The molecule has 0 atom stereocenters. The molecule has 22 heavy (non-hydrogen) atoms. The summed E-state index contributed by atoms with van der Waals surface area (Å²) in [4.78, 5) is 11.4. The second kappa shape index (κ2) is 7.33. The molecule has 1 aromatic heterocycles. The Morgan fingerprint density at radius 1 is 1.27 bits per heavy atom. The highest BCUT2D eigenvalue weighted by molar-refractivity contribution is 6.35. The Labute approximate surface area is 137 Å². The molecule has 0 aliphatic heterocycles. The summed E-state index contributed by atoms with van der Waals surface area (Å²) in [6.07, 6.45) is 2.89. The van der Waals surface area contributed by atoms with E-state index in [0.29, 0.717) is 27.8 Å². The third-order valence-corrected chi connectivity index (χ3v) is 3.48. The number of ether oxygens (including phenoxy) is 2. The van der Waals surface area contributed by atoms with Crippen LogP contribution in [0.4, 0.5) is 0 Å². The maximum atomic E-state index is 11.4. The molecule has 0 saturated carbocycles. The summed E-state index contributed by atoms with van der Waals surface area (Å²) in [5.41, 5.74) is 1.00. The highest BCUT2D eigenvalue weighted by Crippen LogP contribution is 2.21. The van der Waals surface area contributed by atoms with Gasteiger partial charge in [-0.1, -0.05) is 29.3 Å². The van der Waals surface area contributed by atoms with Crippen molar-refractivity contribution in [3.8, 4) is 5.75 Å². The van der Waals surface area contributed by atoms with Crippen LogP contribution in [0.3, 0.4) is 0 Å². The lowest BCUT2D eigenvalue weighted by Gasteiger charge is -2.08. The molecule has 0 bridgehead atoms. The van der Waals surface area contributed by atoms with Crippen molar-refractivity contribution in [1.82, 2.24) is 0 Å². The lowest BCUT2D eigenvalue weighted by atomic mass is 10.1. The van der Waals surface area contributed by atoms with E-state index in [1.807, 2.05) is 6.07 Å². The standard InChI is InChI=1S/C15H13Cl2NO4/c1-21-15(19)11-6-13(9-18(20)8-11)22-5-4-10-2-3-12(16)7-14(10)17/h2-3,6-9H,4-5H2,1H3. The topological polar surface area (TPSA) is 62.5 Å². The van der Waals surface area contributed by atoms with Crippen molar-refractivity contribution in [2.45, 2.75) is 6.42 Å². The van der Waals surface area contributed by atoms with Gasteiger partial charge in [-0.05, 0) is 17.7 Å². The second-order valence-corrected chi connectivity index (χ2v) is 5.29. The van der Waals surface area contributed by atoms with Crippen LogP contribution >= 0.6 is 23.2 Å². The molecule has 1 aromatic carbocycles. The van der Waals surface area contributed by atoms with Crippen molar-refractivity contribution in [3.05, 3.63) is 63.0 Å². The van der Waals surface area contributed by atoms with Gasteiger partial charge in [0.15, 0.2) is 11.9 Å². The normalized spacial score (nSPS) is 10.3. The first-order chi connectivity index (χ1) is 10.5. The van der Waals surface area contributed by atoms with Crippen LogP contribution in [0.1, 0.15) is 15.9 Å². The van der Waals surface area contributed by atoms with Crippen molar-refractivity contribution in [3.63, 3.8) is 0 Å². The van der Waals surface area contributed by atoms with Crippen LogP contribution in [0.2, 0.25) is 10.0 Å². The van der Waals surface area contributed by atoms with E-state index in [1.54, 1.807) is 12.1 Å². The first-order valence-corrected chi connectivity index (χ1v) is 7.14. The van der Waals surface area contributed by atoms with Crippen LogP contribution in [0.5, 0.6) is 5.75 Å². The van der Waals surface area contributed by atoms with E-state index in [1.165, 1.54) is 19.4 Å². The zero-order valence-corrected chi connectivity index (χ0v) is 13.2. The Balaban J connectivity index is 2.02. The molecule has 2 rings (SSSR count). The highest BCUT2D eigenvalue weighted by Gasteiger charge is 2.12. The number of pyridine rings is 1. The molecule has 0 saturated heterocycles. The summed E-state index contributed by atoms with van der Waals surface area (Å²) in [6, 6.07) is 6.66. The average molecular weight is 342 g/mol. The summed E-state index contributed by atoms with van der Waals surface area (Å²) < 4.78 is 10.6. The number of methoxy groups -OCH3 is 1. The minimum Gasteiger partial charge on any atom is -0.619 e. The molecule has 0 radical (unpaired) electrons. The van der Waals surface area contributed by atoms with Gasteiger partial charge < -0.3 is 14.7 Å². The van der Waals surface area contributed by atoms with E-state index < -0.39 is 5.97 Å². The first-order valence-electron chi connectivity index (χ1n) is 6.38. The average Bonchev–Trinajstić information content (AvgIpc) is 2.48. The van der Waals surface area contributed by atoms with Crippen molar-refractivity contribution >= 4 is 29.2 Å². The number of carbonyl (C=O) groups is 1. The summed E-state index contributed by atoms with van der Waals surface area (Å²) in [5.74, 6) is -0.321. The third kappa shape index (κ3) is 4.26. The number of carbonyl (C=O) groups excluding carboxylic acids is 1. The number of rotatable bonds is 5. The number of esters is 1. The minimum atomic E-state index is -0.601. The van der Waals surface area contributed by atoms with E-state index in [-0.39, 0.29) is 11.3 Å². The number of nitrogens with zero attached hydrogens (tertiary/aromatic N) is 1. The molecule has 0 aliphatic rings. The predicted molar refractivity (Wildman–Crippen MR) is 82.4 cm³/mol. The molecule has 0 amide bonds. The van der Waals surface area contributed by atoms with Gasteiger partial charge >= 0.3 is 5.97 Å². The lowest BCUT2D eigenvalue weighted by molar-refractivity contribution is -0.606. The lowest BCUT2D eigenvalue weighted by Crippen LogP contribution is -2.27. The van der Waals surface area contributed by atoms with Gasteiger partial charge in [-0.3, -0.25) is 0 Å². The summed E-state index contributed by atoms with van der Waals surface area (Å²) in [6.45, 7) is 0.298. The SMILES string of the molecule is COC(=O)c1cc(OCCc2ccc(Cl)cc2Cl)c[n+]([O-])c1. The Bertz CT molecular complexity index is 691. The van der Waals surface area contributed by atoms with Gasteiger partial charge in [0.05, 0.1) is 13.7 Å². The van der Waals surface area contributed by atoms with Crippen LogP contribution in [0, 0.1) is 5.21 Å². The molecule has 116 valence electrons. The van der Waals surface area contributed by atoms with Crippen molar-refractivity contribution in [2.75, 3.05) is 13.7 Å². The fourth-order valence-electron chi connectivity index (χ4n) is 1.84. The van der Waals surface area contributed by atoms with Crippen molar-refractivity contribution in [1.29, 1.82) is 0 Å². The number of hydrogen-bond donors (Lipinski definition) is 0. The van der Waals surface area contributed by atoms with E-state index in [0.717, 1.165) is 11.8 Å². The molecule has 7 heteroatoms. The van der Waals surface area contributed by atoms with E-state index >= 15 is 0 Å². The Morgan fingerprint density at radius 2 is 2.05 bits per heavy atom. The maximum absolute atomic E-state index is 11.4. The van der Waals surface area contributed by atoms with Gasteiger partial charge in [-0.25, -0.2) is 4.79 Å². The predicted octanol–water partition coefficient (Wildman–Crippen LogP) is 3.03. The fraction of sp³-hybridized carbons (Fsp3) is 0.200. The number of aromatic nitrogens is 1. The van der Waals surface area contributed by atoms with Gasteiger partial charge in [0, 0.05) is 22.5 Å². The monoisotopic (exact) mass is 341 g/mol. The van der Waals surface area contributed by atoms with Crippen molar-refractivity contribution in [2.24, 2.45) is 0 Å². The molecule has 1 heterocycles. The largest absolute Gasteiger partial charge is 0.619 e. The number of hydrogen-bond acceptors (Lipinski definition) is 4. The van der Waals surface area contributed by atoms with Gasteiger partial charge in [0.25, 0.3) is 0 Å². The zero-order valence-electron chi connectivity index (χ0n) is 11.7. The molecule has 0 spiro atoms. The van der Waals surface area contributed by atoms with Crippen LogP contribution in [-0.4, -0.2) is 19.7 Å². The number of halogens is 2. The molecule has 0 fully saturated rings. The Kier molecular flexibility index (Phi) is 5.46. The summed E-state index contributed by atoms with van der Waals surface area (Å²) in [5, 5.41) is 12.6. The molecular formula is C15H13Cl2NO4. The first kappa shape index (κ1) is 16.4. The fourth-order valence-corrected chi connectivity index (χ4v) is 2.34. The van der Waals surface area contributed by atoms with Crippen LogP contribution in [-0.2, 0) is 11.2 Å². The van der Waals surface area contributed by atoms with E-state index in [9.17, 15) is 10.0 Å². The molecule has 2 aromatic rings. The maximum Gasteiger partial charge on any atom is 0.344 e. The molecule has 0 unspecified atom stereocenters. The van der Waals surface area contributed by atoms with Crippen molar-refractivity contribution < 1.29 is 19.0 Å². The Morgan fingerprint density at radius 3 is 2.73 bits per heavy atom. The zero-order chi connectivity index (χ0) is 16.1. The van der Waals surface area contributed by atoms with Gasteiger partial charge in [-0.2, -0.15) is 4.73 Å². The van der Waals surface area contributed by atoms with Crippen LogP contribution < -0.4 is 9.47 Å². The summed E-state index contributed by atoms with van der Waals surface area (Å²) >= 11 is 11.9.